The van der Waals surface area contributed by atoms with E-state index in [1.807, 2.05) is 12.1 Å². The first-order valence-electron chi connectivity index (χ1n) is 14.0. The molecule has 1 aromatic carbocycles. The van der Waals surface area contributed by atoms with Gasteiger partial charge in [0, 0.05) is 23.2 Å². The van der Waals surface area contributed by atoms with E-state index in [1.54, 1.807) is 24.5 Å². The predicted octanol–water partition coefficient (Wildman–Crippen LogP) is 5.74. The molecule has 2 bridgehead atoms. The maximum Gasteiger partial charge on any atom is 0.257 e. The van der Waals surface area contributed by atoms with Gasteiger partial charge in [0.1, 0.15) is 25.1 Å². The molecule has 4 atom stereocenters. The van der Waals surface area contributed by atoms with E-state index in [0.29, 0.717) is 42.0 Å². The fraction of sp³-hybridized carbons (Fsp3) is 0.533. The van der Waals surface area contributed by atoms with Gasteiger partial charge in [0.05, 0.1) is 17.8 Å². The number of alkyl halides is 1. The van der Waals surface area contributed by atoms with Crippen molar-refractivity contribution in [3.8, 4) is 39.9 Å². The third-order valence-corrected chi connectivity index (χ3v) is 9.15. The molecule has 0 amide bonds. The molecule has 1 aliphatic heterocycles. The quantitative estimate of drug-likeness (QED) is 0.445. The first kappa shape index (κ1) is 24.5. The zero-order valence-electron chi connectivity index (χ0n) is 22.4. The van der Waals surface area contributed by atoms with Crippen LogP contribution in [0.5, 0.6) is 17.4 Å². The molecule has 3 aromatic rings. The van der Waals surface area contributed by atoms with Gasteiger partial charge in [-0.1, -0.05) is 26.3 Å². The third kappa shape index (κ3) is 4.36. The number of rotatable bonds is 5. The van der Waals surface area contributed by atoms with Gasteiger partial charge in [-0.2, -0.15) is 0 Å². The molecule has 4 aliphatic rings. The minimum Gasteiger partial charge on any atom is -0.507 e. The number of fused-ring (bicyclic) bond motifs is 3. The number of hydrogen-bond donors (Lipinski definition) is 1. The first-order valence-corrected chi connectivity index (χ1v) is 14.0. The molecule has 3 heterocycles. The van der Waals surface area contributed by atoms with Crippen LogP contribution in [-0.2, 0) is 0 Å². The van der Waals surface area contributed by atoms with E-state index in [1.165, 1.54) is 0 Å². The van der Waals surface area contributed by atoms with Crippen LogP contribution in [0.3, 0.4) is 0 Å². The molecule has 7 rings (SSSR count). The van der Waals surface area contributed by atoms with Crippen molar-refractivity contribution >= 4 is 5.82 Å². The highest BCUT2D eigenvalue weighted by molar-refractivity contribution is 5.73. The number of aromatic nitrogens is 4. The number of phenolic OH excluding ortho intramolecular Hbond substituents is 1. The monoisotopic (exact) mass is 531 g/mol. The summed E-state index contributed by atoms with van der Waals surface area (Å²) in [5.74, 6) is 2.06. The molecule has 0 radical (unpaired) electrons. The van der Waals surface area contributed by atoms with Crippen molar-refractivity contribution in [3.63, 3.8) is 0 Å². The highest BCUT2D eigenvalue weighted by Crippen LogP contribution is 2.58. The molecule has 39 heavy (non-hydrogen) atoms. The number of benzene rings is 1. The van der Waals surface area contributed by atoms with Gasteiger partial charge in [0.2, 0.25) is 0 Å². The van der Waals surface area contributed by atoms with Gasteiger partial charge >= 0.3 is 0 Å². The highest BCUT2D eigenvalue weighted by Gasteiger charge is 2.56. The largest absolute Gasteiger partial charge is 0.507 e. The number of ether oxygens (including phenoxy) is 2. The lowest BCUT2D eigenvalue weighted by atomic mass is 9.54. The van der Waals surface area contributed by atoms with Crippen LogP contribution in [0.1, 0.15) is 58.8 Å². The summed E-state index contributed by atoms with van der Waals surface area (Å²) in [7, 11) is 0. The second-order valence-electron chi connectivity index (χ2n) is 12.4. The van der Waals surface area contributed by atoms with Crippen LogP contribution in [0.15, 0.2) is 36.7 Å². The van der Waals surface area contributed by atoms with Crippen LogP contribution < -0.4 is 14.4 Å². The average molecular weight is 532 g/mol. The van der Waals surface area contributed by atoms with Crippen LogP contribution in [-0.4, -0.2) is 56.7 Å². The Morgan fingerprint density at radius 1 is 1.00 bits per heavy atom. The number of aromatic hydroxyl groups is 1. The first-order chi connectivity index (χ1) is 18.8. The van der Waals surface area contributed by atoms with E-state index >= 15 is 4.39 Å². The molecular formula is C30H34FN5O3. The van der Waals surface area contributed by atoms with Gasteiger partial charge in [0.15, 0.2) is 17.4 Å². The summed E-state index contributed by atoms with van der Waals surface area (Å²) < 4.78 is 27.2. The fourth-order valence-corrected chi connectivity index (χ4v) is 7.28. The molecule has 3 saturated carbocycles. The van der Waals surface area contributed by atoms with Gasteiger partial charge < -0.3 is 19.5 Å². The Morgan fingerprint density at radius 2 is 1.85 bits per heavy atom. The lowest BCUT2D eigenvalue weighted by Crippen LogP contribution is -2.58. The fourth-order valence-electron chi connectivity index (χ4n) is 7.28. The Morgan fingerprint density at radius 3 is 2.62 bits per heavy atom. The second kappa shape index (κ2) is 9.03. The van der Waals surface area contributed by atoms with Gasteiger partial charge in [-0.3, -0.25) is 0 Å². The summed E-state index contributed by atoms with van der Waals surface area (Å²) in [6, 6.07) is 7.24. The van der Waals surface area contributed by atoms with Gasteiger partial charge in [0.25, 0.3) is 5.88 Å². The maximum atomic E-state index is 16.1. The summed E-state index contributed by atoms with van der Waals surface area (Å²) in [5, 5.41) is 19.8. The van der Waals surface area contributed by atoms with E-state index in [9.17, 15) is 5.11 Å². The molecule has 204 valence electrons. The summed E-state index contributed by atoms with van der Waals surface area (Å²) in [5.41, 5.74) is 1.94. The van der Waals surface area contributed by atoms with Crippen LogP contribution in [0.25, 0.3) is 22.5 Å². The van der Waals surface area contributed by atoms with Crippen LogP contribution >= 0.6 is 0 Å². The number of pyridine rings is 1. The van der Waals surface area contributed by atoms with Crippen molar-refractivity contribution in [1.29, 1.82) is 0 Å². The van der Waals surface area contributed by atoms with Crippen molar-refractivity contribution in [2.45, 2.75) is 77.0 Å². The van der Waals surface area contributed by atoms with Crippen molar-refractivity contribution in [2.24, 2.45) is 10.8 Å². The van der Waals surface area contributed by atoms with E-state index in [0.717, 1.165) is 56.1 Å². The Labute approximate surface area is 227 Å². The molecule has 2 aromatic heterocycles. The summed E-state index contributed by atoms with van der Waals surface area (Å²) in [6.07, 6.45) is 9.56. The summed E-state index contributed by atoms with van der Waals surface area (Å²) >= 11 is 0. The Bertz CT molecular complexity index is 1400. The minimum atomic E-state index is -0.903. The molecule has 3 aliphatic carbocycles. The highest BCUT2D eigenvalue weighted by atomic mass is 19.1. The van der Waals surface area contributed by atoms with Crippen molar-refractivity contribution < 1.29 is 19.0 Å². The number of phenols is 1. The van der Waals surface area contributed by atoms with Gasteiger partial charge in [-0.15, -0.1) is 10.2 Å². The zero-order chi connectivity index (χ0) is 26.8. The molecule has 8 nitrogen and oxygen atoms in total. The third-order valence-electron chi connectivity index (χ3n) is 9.15. The SMILES string of the molecule is C[C@]12CCC[C@](C)(C1)[C@H](F)[C@H](N(c1cnc(-c3ccc(-c4cnc5c(c4)OCCO5)cc3O)nn1)C1CC1)C2. The van der Waals surface area contributed by atoms with E-state index in [2.05, 4.69) is 38.9 Å². The average Bonchev–Trinajstić information content (AvgIpc) is 3.77. The molecule has 0 saturated heterocycles. The zero-order valence-corrected chi connectivity index (χ0v) is 22.4. The number of anilines is 1. The lowest BCUT2D eigenvalue weighted by Gasteiger charge is -2.56. The van der Waals surface area contributed by atoms with Crippen LogP contribution in [0, 0.1) is 10.8 Å². The summed E-state index contributed by atoms with van der Waals surface area (Å²) in [6.45, 7) is 5.42. The molecule has 0 spiro atoms. The molecule has 3 fully saturated rings. The second-order valence-corrected chi connectivity index (χ2v) is 12.4. The standard InChI is InChI=1S/C30H34FN5O3/c1-29-8-3-9-30(2,17-29)26(31)22(14-29)36(20-5-6-20)25-16-32-27(35-34-25)21-7-4-18(12-23(21)37)19-13-24-28(33-15-19)39-11-10-38-24/h4,7,12-13,15-16,20,22,26,37H,3,5-6,8-11,14,17H2,1-2H3/t22-,26-,29-,30-/m1/s1. The molecule has 1 N–H and O–H groups in total. The van der Waals surface area contributed by atoms with Crippen LogP contribution in [0.4, 0.5) is 10.2 Å². The van der Waals surface area contributed by atoms with Gasteiger partial charge in [-0.05, 0) is 67.7 Å². The normalized spacial score (nSPS) is 29.6. The van der Waals surface area contributed by atoms with Crippen molar-refractivity contribution in [1.82, 2.24) is 20.2 Å². The van der Waals surface area contributed by atoms with Crippen molar-refractivity contribution in [2.75, 3.05) is 18.1 Å². The Balaban J connectivity index is 1.15. The van der Waals surface area contributed by atoms with Crippen LogP contribution in [0.2, 0.25) is 0 Å². The Hall–Kier alpha value is -3.49. The Kier molecular flexibility index (Phi) is 5.68. The predicted molar refractivity (Wildman–Crippen MR) is 145 cm³/mol. The minimum absolute atomic E-state index is 0.0424. The molecule has 0 unspecified atom stereocenters. The van der Waals surface area contributed by atoms with E-state index < -0.39 is 6.17 Å². The topological polar surface area (TPSA) is 93.5 Å². The van der Waals surface area contributed by atoms with Crippen molar-refractivity contribution in [3.05, 3.63) is 36.7 Å². The number of halogens is 1. The number of hydrogen-bond acceptors (Lipinski definition) is 8. The number of nitrogens with zero attached hydrogens (tertiary/aromatic N) is 5. The lowest BCUT2D eigenvalue weighted by molar-refractivity contribution is -0.0554. The maximum absolute atomic E-state index is 16.1. The van der Waals surface area contributed by atoms with E-state index in [-0.39, 0.29) is 28.7 Å². The van der Waals surface area contributed by atoms with Gasteiger partial charge in [-0.25, -0.2) is 14.4 Å². The van der Waals surface area contributed by atoms with E-state index in [4.69, 9.17) is 9.47 Å². The molecule has 9 heteroatoms. The summed E-state index contributed by atoms with van der Waals surface area (Å²) in [4.78, 5) is 11.1. The molecular weight excluding hydrogens is 497 g/mol. The smallest absolute Gasteiger partial charge is 0.257 e.